The minimum atomic E-state index is -1.03. The fourth-order valence-corrected chi connectivity index (χ4v) is 3.04. The Labute approximate surface area is 151 Å². The van der Waals surface area contributed by atoms with Crippen LogP contribution in [0, 0.1) is 12.8 Å². The first kappa shape index (κ1) is 17.6. The van der Waals surface area contributed by atoms with Gasteiger partial charge >= 0.3 is 5.97 Å². The second-order valence-electron chi connectivity index (χ2n) is 6.42. The third kappa shape index (κ3) is 3.88. The summed E-state index contributed by atoms with van der Waals surface area (Å²) in [4.78, 5) is 36.8. The van der Waals surface area contributed by atoms with Gasteiger partial charge in [0.25, 0.3) is 0 Å². The molecule has 26 heavy (non-hydrogen) atoms. The Hall–Kier alpha value is -3.21. The van der Waals surface area contributed by atoms with E-state index in [9.17, 15) is 14.4 Å². The van der Waals surface area contributed by atoms with Gasteiger partial charge in [-0.2, -0.15) is 0 Å². The van der Waals surface area contributed by atoms with Crippen molar-refractivity contribution in [3.8, 4) is 0 Å². The monoisotopic (exact) mass is 349 g/mol. The number of carboxylic acids is 1. The molecule has 0 aromatic heterocycles. The first-order valence-corrected chi connectivity index (χ1v) is 8.37. The van der Waals surface area contributed by atoms with Crippen LogP contribution in [0.3, 0.4) is 0 Å². The van der Waals surface area contributed by atoms with Crippen molar-refractivity contribution in [3.05, 3.63) is 71.3 Å². The number of anilines is 1. The first-order chi connectivity index (χ1) is 12.4. The normalized spacial score (nSPS) is 17.3. The summed E-state index contributed by atoms with van der Waals surface area (Å²) in [5, 5.41) is 8.65. The molecule has 1 fully saturated rings. The average molecular weight is 349 g/mol. The number of nitrogens with zero attached hydrogens (tertiary/aromatic N) is 1. The summed E-state index contributed by atoms with van der Waals surface area (Å²) in [5.74, 6) is -1.78. The molecule has 2 aromatic rings. The van der Waals surface area contributed by atoms with E-state index in [0.29, 0.717) is 17.7 Å². The molecule has 132 valence electrons. The molecule has 1 aliphatic heterocycles. The van der Waals surface area contributed by atoms with Gasteiger partial charge in [-0.1, -0.05) is 42.0 Å². The molecule has 1 saturated heterocycles. The molecule has 1 aliphatic rings. The molecule has 1 N–H and O–H groups in total. The van der Waals surface area contributed by atoms with Gasteiger partial charge in [0.15, 0.2) is 0 Å². The first-order valence-electron chi connectivity index (χ1n) is 8.37. The van der Waals surface area contributed by atoms with Gasteiger partial charge in [0, 0.05) is 12.5 Å². The van der Waals surface area contributed by atoms with Gasteiger partial charge < -0.3 is 5.11 Å². The SMILES string of the molecule is Cc1ccc(CC2CC(=O)N(c3ccc(C=CC(=O)O)cc3)C2=O)cc1. The van der Waals surface area contributed by atoms with Crippen LogP contribution < -0.4 is 4.90 Å². The summed E-state index contributed by atoms with van der Waals surface area (Å²) in [6, 6.07) is 14.6. The van der Waals surface area contributed by atoms with E-state index in [2.05, 4.69) is 0 Å². The van der Waals surface area contributed by atoms with Crippen LogP contribution in [0.15, 0.2) is 54.6 Å². The van der Waals surface area contributed by atoms with Crippen molar-refractivity contribution in [2.24, 2.45) is 5.92 Å². The zero-order valence-corrected chi connectivity index (χ0v) is 14.4. The molecule has 0 saturated carbocycles. The minimum absolute atomic E-state index is 0.190. The van der Waals surface area contributed by atoms with Crippen molar-refractivity contribution < 1.29 is 19.5 Å². The van der Waals surface area contributed by atoms with Gasteiger partial charge in [-0.25, -0.2) is 4.79 Å². The number of carbonyl (C=O) groups excluding carboxylic acids is 2. The molecule has 0 radical (unpaired) electrons. The number of imide groups is 1. The summed E-state index contributed by atoms with van der Waals surface area (Å²) in [7, 11) is 0. The molecule has 3 rings (SSSR count). The molecule has 1 atom stereocenters. The largest absolute Gasteiger partial charge is 0.478 e. The lowest BCUT2D eigenvalue weighted by Crippen LogP contribution is -2.30. The van der Waals surface area contributed by atoms with E-state index in [-0.39, 0.29) is 24.2 Å². The minimum Gasteiger partial charge on any atom is -0.478 e. The van der Waals surface area contributed by atoms with Gasteiger partial charge in [-0.05, 0) is 42.7 Å². The van der Waals surface area contributed by atoms with E-state index in [1.807, 2.05) is 31.2 Å². The van der Waals surface area contributed by atoms with Crippen LogP contribution >= 0.6 is 0 Å². The van der Waals surface area contributed by atoms with Crippen LogP contribution in [0.25, 0.3) is 6.08 Å². The number of benzene rings is 2. The fraction of sp³-hybridized carbons (Fsp3) is 0.190. The van der Waals surface area contributed by atoms with Crippen molar-refractivity contribution >= 4 is 29.5 Å². The van der Waals surface area contributed by atoms with E-state index in [4.69, 9.17) is 5.11 Å². The number of hydrogen-bond donors (Lipinski definition) is 1. The highest BCUT2D eigenvalue weighted by Gasteiger charge is 2.39. The highest BCUT2D eigenvalue weighted by Crippen LogP contribution is 2.29. The zero-order chi connectivity index (χ0) is 18.7. The van der Waals surface area contributed by atoms with E-state index in [1.165, 1.54) is 11.0 Å². The fourth-order valence-electron chi connectivity index (χ4n) is 3.04. The van der Waals surface area contributed by atoms with Crippen LogP contribution in [-0.2, 0) is 20.8 Å². The molecule has 2 amide bonds. The van der Waals surface area contributed by atoms with Crippen molar-refractivity contribution in [1.29, 1.82) is 0 Å². The lowest BCUT2D eigenvalue weighted by molar-refractivity contribution is -0.131. The molecular formula is C21H19NO4. The zero-order valence-electron chi connectivity index (χ0n) is 14.4. The maximum atomic E-state index is 12.7. The number of aliphatic carboxylic acids is 1. The van der Waals surface area contributed by atoms with Crippen LogP contribution in [0.2, 0.25) is 0 Å². The molecule has 5 heteroatoms. The van der Waals surface area contributed by atoms with Crippen LogP contribution in [0.4, 0.5) is 5.69 Å². The smallest absolute Gasteiger partial charge is 0.328 e. The van der Waals surface area contributed by atoms with Gasteiger partial charge in [0.05, 0.1) is 11.6 Å². The second kappa shape index (κ2) is 7.35. The summed E-state index contributed by atoms with van der Waals surface area (Å²) in [6.45, 7) is 2.01. The van der Waals surface area contributed by atoms with E-state index in [0.717, 1.165) is 17.2 Å². The van der Waals surface area contributed by atoms with E-state index >= 15 is 0 Å². The Morgan fingerprint density at radius 2 is 1.77 bits per heavy atom. The Bertz CT molecular complexity index is 866. The standard InChI is InChI=1S/C21H19NO4/c1-14-2-4-16(5-3-14)12-17-13-19(23)22(21(17)26)18-9-6-15(7-10-18)8-11-20(24)25/h2-11,17H,12-13H2,1H3,(H,24,25). The third-order valence-corrected chi connectivity index (χ3v) is 4.41. The van der Waals surface area contributed by atoms with Gasteiger partial charge in [0.1, 0.15) is 0 Å². The van der Waals surface area contributed by atoms with Crippen molar-refractivity contribution in [2.75, 3.05) is 4.90 Å². The number of amides is 2. The molecular weight excluding hydrogens is 330 g/mol. The molecule has 0 aliphatic carbocycles. The quantitative estimate of drug-likeness (QED) is 0.664. The third-order valence-electron chi connectivity index (χ3n) is 4.41. The van der Waals surface area contributed by atoms with Crippen LogP contribution in [0.5, 0.6) is 0 Å². The highest BCUT2D eigenvalue weighted by molar-refractivity contribution is 6.21. The Balaban J connectivity index is 1.74. The molecule has 1 heterocycles. The summed E-state index contributed by atoms with van der Waals surface area (Å²) < 4.78 is 0. The van der Waals surface area contributed by atoms with Crippen molar-refractivity contribution in [1.82, 2.24) is 0 Å². The number of hydrogen-bond acceptors (Lipinski definition) is 3. The van der Waals surface area contributed by atoms with Crippen molar-refractivity contribution in [2.45, 2.75) is 19.8 Å². The van der Waals surface area contributed by atoms with Crippen molar-refractivity contribution in [3.63, 3.8) is 0 Å². The van der Waals surface area contributed by atoms with E-state index in [1.54, 1.807) is 24.3 Å². The molecule has 1 unspecified atom stereocenters. The Morgan fingerprint density at radius 1 is 1.12 bits per heavy atom. The molecule has 0 bridgehead atoms. The molecule has 2 aromatic carbocycles. The topological polar surface area (TPSA) is 74.7 Å². The summed E-state index contributed by atoms with van der Waals surface area (Å²) in [5.41, 5.74) is 3.39. The molecule has 5 nitrogen and oxygen atoms in total. The lowest BCUT2D eigenvalue weighted by atomic mass is 9.97. The second-order valence-corrected chi connectivity index (χ2v) is 6.42. The lowest BCUT2D eigenvalue weighted by Gasteiger charge is -2.15. The predicted molar refractivity (Wildman–Crippen MR) is 98.6 cm³/mol. The van der Waals surface area contributed by atoms with Crippen LogP contribution in [-0.4, -0.2) is 22.9 Å². The highest BCUT2D eigenvalue weighted by atomic mass is 16.4. The van der Waals surface area contributed by atoms with Crippen LogP contribution in [0.1, 0.15) is 23.1 Å². The predicted octanol–water partition coefficient (Wildman–Crippen LogP) is 3.22. The van der Waals surface area contributed by atoms with Gasteiger partial charge in [0.2, 0.25) is 11.8 Å². The summed E-state index contributed by atoms with van der Waals surface area (Å²) >= 11 is 0. The number of aryl methyl sites for hydroxylation is 1. The number of rotatable bonds is 5. The molecule has 0 spiro atoms. The average Bonchev–Trinajstić information content (AvgIpc) is 2.89. The van der Waals surface area contributed by atoms with E-state index < -0.39 is 5.97 Å². The van der Waals surface area contributed by atoms with Gasteiger partial charge in [-0.3, -0.25) is 14.5 Å². The number of carboxylic acid groups (broad SMARTS) is 1. The summed E-state index contributed by atoms with van der Waals surface area (Å²) in [6.07, 6.45) is 3.24. The maximum Gasteiger partial charge on any atom is 0.328 e. The Kier molecular flexibility index (Phi) is 4.98. The van der Waals surface area contributed by atoms with Gasteiger partial charge in [-0.15, -0.1) is 0 Å². The Morgan fingerprint density at radius 3 is 2.38 bits per heavy atom. The number of carbonyl (C=O) groups is 3. The maximum absolute atomic E-state index is 12.7.